The number of benzene rings is 4. The molecule has 0 fully saturated rings. The Morgan fingerprint density at radius 1 is 0.520 bits per heavy atom. The van der Waals surface area contributed by atoms with Crippen LogP contribution in [0.5, 0.6) is 0 Å². The normalized spacial score (nSPS) is 13.5. The Balaban J connectivity index is 1.64. The SMILES string of the molecule is O=C1c2ccccc2-c2cc3cc4c(cc3cc21)-c1ccccc1C4. The molecule has 0 heterocycles. The summed E-state index contributed by atoms with van der Waals surface area (Å²) in [6.45, 7) is 0. The van der Waals surface area contributed by atoms with Crippen molar-refractivity contribution in [3.8, 4) is 22.3 Å². The highest BCUT2D eigenvalue weighted by Gasteiger charge is 2.27. The zero-order valence-corrected chi connectivity index (χ0v) is 13.5. The summed E-state index contributed by atoms with van der Waals surface area (Å²) < 4.78 is 0. The summed E-state index contributed by atoms with van der Waals surface area (Å²) in [4.78, 5) is 12.8. The Bertz CT molecular complexity index is 1230. The minimum absolute atomic E-state index is 0.147. The maximum absolute atomic E-state index is 12.8. The van der Waals surface area contributed by atoms with Crippen molar-refractivity contribution in [1.82, 2.24) is 0 Å². The third-order valence-corrected chi connectivity index (χ3v) is 5.59. The molecule has 0 spiro atoms. The van der Waals surface area contributed by atoms with Crippen LogP contribution in [0.4, 0.5) is 0 Å². The van der Waals surface area contributed by atoms with Gasteiger partial charge in [-0.25, -0.2) is 0 Å². The van der Waals surface area contributed by atoms with Gasteiger partial charge in [0.25, 0.3) is 0 Å². The monoisotopic (exact) mass is 318 g/mol. The van der Waals surface area contributed by atoms with Gasteiger partial charge in [0.05, 0.1) is 0 Å². The number of carbonyl (C=O) groups is 1. The van der Waals surface area contributed by atoms with Crippen molar-refractivity contribution in [3.63, 3.8) is 0 Å². The molecule has 4 aromatic carbocycles. The van der Waals surface area contributed by atoms with Gasteiger partial charge in [-0.2, -0.15) is 0 Å². The number of hydrogen-bond donors (Lipinski definition) is 0. The van der Waals surface area contributed by atoms with Crippen molar-refractivity contribution < 1.29 is 4.79 Å². The van der Waals surface area contributed by atoms with Crippen LogP contribution < -0.4 is 0 Å². The molecule has 25 heavy (non-hydrogen) atoms. The van der Waals surface area contributed by atoms with E-state index in [-0.39, 0.29) is 5.78 Å². The van der Waals surface area contributed by atoms with Gasteiger partial charge in [0, 0.05) is 11.1 Å². The maximum atomic E-state index is 12.8. The van der Waals surface area contributed by atoms with Crippen molar-refractivity contribution in [2.24, 2.45) is 0 Å². The second kappa shape index (κ2) is 4.46. The molecule has 0 saturated carbocycles. The summed E-state index contributed by atoms with van der Waals surface area (Å²) in [6.07, 6.45) is 0.994. The first-order valence-electron chi connectivity index (χ1n) is 8.63. The van der Waals surface area contributed by atoms with Crippen molar-refractivity contribution in [2.75, 3.05) is 0 Å². The van der Waals surface area contributed by atoms with Crippen LogP contribution >= 0.6 is 0 Å². The first-order valence-corrected chi connectivity index (χ1v) is 8.63. The lowest BCUT2D eigenvalue weighted by atomic mass is 9.96. The molecule has 0 radical (unpaired) electrons. The van der Waals surface area contributed by atoms with E-state index in [9.17, 15) is 4.79 Å². The van der Waals surface area contributed by atoms with Gasteiger partial charge >= 0.3 is 0 Å². The minimum atomic E-state index is 0.147. The van der Waals surface area contributed by atoms with E-state index in [2.05, 4.69) is 48.5 Å². The molecule has 1 nitrogen and oxygen atoms in total. The smallest absolute Gasteiger partial charge is 0.194 e. The lowest BCUT2D eigenvalue weighted by Crippen LogP contribution is -1.94. The van der Waals surface area contributed by atoms with E-state index < -0.39 is 0 Å². The van der Waals surface area contributed by atoms with Gasteiger partial charge in [-0.05, 0) is 68.8 Å². The molecule has 1 heteroatoms. The van der Waals surface area contributed by atoms with Gasteiger partial charge < -0.3 is 0 Å². The molecular weight excluding hydrogens is 304 g/mol. The largest absolute Gasteiger partial charge is 0.289 e. The van der Waals surface area contributed by atoms with Crippen molar-refractivity contribution >= 4 is 16.6 Å². The lowest BCUT2D eigenvalue weighted by molar-refractivity contribution is 0.104. The summed E-state index contributed by atoms with van der Waals surface area (Å²) in [7, 11) is 0. The zero-order valence-electron chi connectivity index (χ0n) is 13.5. The number of carbonyl (C=O) groups excluding carboxylic acids is 1. The Labute approximate surface area is 145 Å². The Hall–Kier alpha value is -3.19. The fourth-order valence-corrected chi connectivity index (χ4v) is 4.41. The molecule has 0 bridgehead atoms. The highest BCUT2D eigenvalue weighted by atomic mass is 16.1. The van der Waals surface area contributed by atoms with Crippen LogP contribution in [0.15, 0.2) is 72.8 Å². The third-order valence-electron chi connectivity index (χ3n) is 5.59. The van der Waals surface area contributed by atoms with Crippen LogP contribution in [0.3, 0.4) is 0 Å². The van der Waals surface area contributed by atoms with Crippen LogP contribution in [0.25, 0.3) is 33.0 Å². The van der Waals surface area contributed by atoms with E-state index in [4.69, 9.17) is 0 Å². The molecule has 0 amide bonds. The molecule has 0 unspecified atom stereocenters. The van der Waals surface area contributed by atoms with E-state index in [0.717, 1.165) is 34.1 Å². The molecule has 0 saturated heterocycles. The average molecular weight is 318 g/mol. The fourth-order valence-electron chi connectivity index (χ4n) is 4.41. The highest BCUT2D eigenvalue weighted by Crippen LogP contribution is 2.42. The molecule has 0 aliphatic heterocycles. The molecule has 116 valence electrons. The predicted molar refractivity (Wildman–Crippen MR) is 101 cm³/mol. The van der Waals surface area contributed by atoms with Gasteiger partial charge in [-0.15, -0.1) is 0 Å². The van der Waals surface area contributed by atoms with Crippen molar-refractivity contribution in [2.45, 2.75) is 6.42 Å². The van der Waals surface area contributed by atoms with E-state index >= 15 is 0 Å². The lowest BCUT2D eigenvalue weighted by Gasteiger charge is -2.07. The number of fused-ring (bicyclic) bond motifs is 7. The quantitative estimate of drug-likeness (QED) is 0.355. The third kappa shape index (κ3) is 1.65. The van der Waals surface area contributed by atoms with Crippen LogP contribution in [0.1, 0.15) is 27.0 Å². The van der Waals surface area contributed by atoms with Crippen LogP contribution in [0.2, 0.25) is 0 Å². The van der Waals surface area contributed by atoms with Crippen LogP contribution in [-0.4, -0.2) is 5.78 Å². The molecule has 2 aliphatic rings. The van der Waals surface area contributed by atoms with E-state index in [1.165, 1.54) is 27.6 Å². The molecule has 0 atom stereocenters. The molecule has 0 aromatic heterocycles. The zero-order chi connectivity index (χ0) is 16.5. The summed E-state index contributed by atoms with van der Waals surface area (Å²) in [5.74, 6) is 0.147. The van der Waals surface area contributed by atoms with Gasteiger partial charge in [0.1, 0.15) is 0 Å². The summed E-state index contributed by atoms with van der Waals surface area (Å²) in [6, 6.07) is 25.4. The number of rotatable bonds is 0. The van der Waals surface area contributed by atoms with Gasteiger partial charge in [-0.1, -0.05) is 54.6 Å². The van der Waals surface area contributed by atoms with E-state index in [1.54, 1.807) is 0 Å². The Kier molecular flexibility index (Phi) is 2.34. The summed E-state index contributed by atoms with van der Waals surface area (Å²) >= 11 is 0. The van der Waals surface area contributed by atoms with Crippen LogP contribution in [-0.2, 0) is 6.42 Å². The fraction of sp³-hybridized carbons (Fsp3) is 0.0417. The van der Waals surface area contributed by atoms with Gasteiger partial charge in [-0.3, -0.25) is 4.79 Å². The molecule has 2 aliphatic carbocycles. The first kappa shape index (κ1) is 13.1. The van der Waals surface area contributed by atoms with Crippen molar-refractivity contribution in [3.05, 3.63) is 95.1 Å². The standard InChI is InChI=1S/C24H14O/c25-24-20-8-4-3-7-19(20)22-12-15-10-17-9-14-5-1-2-6-18(14)21(17)11-16(15)13-23(22)24/h1-8,10-13H,9H2. The van der Waals surface area contributed by atoms with Crippen LogP contribution in [0, 0.1) is 0 Å². The molecule has 6 rings (SSSR count). The Morgan fingerprint density at radius 2 is 1.16 bits per heavy atom. The second-order valence-electron chi connectivity index (χ2n) is 6.96. The topological polar surface area (TPSA) is 17.1 Å². The second-order valence-corrected chi connectivity index (χ2v) is 6.96. The molecule has 4 aromatic rings. The molecule has 0 N–H and O–H groups in total. The summed E-state index contributed by atoms with van der Waals surface area (Å²) in [5, 5.41) is 2.37. The number of ketones is 1. The Morgan fingerprint density at radius 3 is 2.04 bits per heavy atom. The maximum Gasteiger partial charge on any atom is 0.194 e. The molecular formula is C24H14O. The van der Waals surface area contributed by atoms with E-state index in [1.807, 2.05) is 24.3 Å². The average Bonchev–Trinajstić information content (AvgIpc) is 3.14. The highest BCUT2D eigenvalue weighted by molar-refractivity contribution is 6.23. The predicted octanol–water partition coefficient (Wildman–Crippen LogP) is 5.62. The number of hydrogen-bond acceptors (Lipinski definition) is 1. The van der Waals surface area contributed by atoms with Gasteiger partial charge in [0.15, 0.2) is 5.78 Å². The van der Waals surface area contributed by atoms with Gasteiger partial charge in [0.2, 0.25) is 0 Å². The first-order chi connectivity index (χ1) is 12.3. The van der Waals surface area contributed by atoms with E-state index in [0.29, 0.717) is 0 Å². The summed E-state index contributed by atoms with van der Waals surface area (Å²) in [5.41, 5.74) is 9.20. The van der Waals surface area contributed by atoms with Crippen molar-refractivity contribution in [1.29, 1.82) is 0 Å². The minimum Gasteiger partial charge on any atom is -0.289 e.